The molecule has 0 aromatic carbocycles. The first-order chi connectivity index (χ1) is 6.74. The van der Waals surface area contributed by atoms with Crippen LogP contribution in [0.5, 0.6) is 0 Å². The summed E-state index contributed by atoms with van der Waals surface area (Å²) in [5.74, 6) is 2.71. The van der Waals surface area contributed by atoms with Crippen LogP contribution in [0.15, 0.2) is 0 Å². The average molecular weight is 195 g/mol. The molecule has 1 N–H and O–H groups in total. The maximum Gasteiger partial charge on any atom is 0.0601 e. The third kappa shape index (κ3) is 3.69. The van der Waals surface area contributed by atoms with Gasteiger partial charge in [0.05, 0.1) is 12.6 Å². The molecule has 0 saturated carbocycles. The molecule has 1 rings (SSSR count). The Morgan fingerprint density at radius 2 is 2.29 bits per heavy atom. The molecule has 2 unspecified atom stereocenters. The van der Waals surface area contributed by atoms with Crippen LogP contribution in [0.25, 0.3) is 0 Å². The van der Waals surface area contributed by atoms with Gasteiger partial charge in [-0.25, -0.2) is 0 Å². The summed E-state index contributed by atoms with van der Waals surface area (Å²) in [5.41, 5.74) is 0. The van der Waals surface area contributed by atoms with Crippen molar-refractivity contribution >= 4 is 0 Å². The molecule has 1 saturated heterocycles. The lowest BCUT2D eigenvalue weighted by molar-refractivity contribution is 0.121. The van der Waals surface area contributed by atoms with Gasteiger partial charge in [0.25, 0.3) is 0 Å². The summed E-state index contributed by atoms with van der Waals surface area (Å²) in [7, 11) is 0. The van der Waals surface area contributed by atoms with Gasteiger partial charge in [-0.2, -0.15) is 0 Å². The number of aliphatic hydroxyl groups excluding tert-OH is 1. The molecule has 0 aliphatic carbocycles. The van der Waals surface area contributed by atoms with Crippen molar-refractivity contribution in [1.82, 2.24) is 4.90 Å². The van der Waals surface area contributed by atoms with Gasteiger partial charge in [0.2, 0.25) is 0 Å². The number of nitrogens with zero attached hydrogens (tertiary/aromatic N) is 1. The van der Waals surface area contributed by atoms with E-state index in [1.807, 2.05) is 6.92 Å². The number of likely N-dealkylation sites (tertiary alicyclic amines) is 1. The maximum atomic E-state index is 9.40. The van der Waals surface area contributed by atoms with Crippen LogP contribution in [-0.2, 0) is 0 Å². The van der Waals surface area contributed by atoms with Crippen LogP contribution >= 0.6 is 0 Å². The van der Waals surface area contributed by atoms with Gasteiger partial charge in [0.1, 0.15) is 0 Å². The van der Waals surface area contributed by atoms with Crippen molar-refractivity contribution in [3.63, 3.8) is 0 Å². The Labute approximate surface area is 87.3 Å². The van der Waals surface area contributed by atoms with Gasteiger partial charge in [-0.05, 0) is 32.7 Å². The SMILES string of the molecule is C#CCN1CCCCCC1CC(C)O. The van der Waals surface area contributed by atoms with Crippen LogP contribution < -0.4 is 0 Å². The van der Waals surface area contributed by atoms with Crippen molar-refractivity contribution in [2.24, 2.45) is 0 Å². The van der Waals surface area contributed by atoms with Gasteiger partial charge in [-0.3, -0.25) is 4.90 Å². The Balaban J connectivity index is 2.50. The van der Waals surface area contributed by atoms with E-state index >= 15 is 0 Å². The lowest BCUT2D eigenvalue weighted by Gasteiger charge is -2.28. The maximum absolute atomic E-state index is 9.40. The number of hydrogen-bond donors (Lipinski definition) is 1. The van der Waals surface area contributed by atoms with E-state index in [2.05, 4.69) is 10.8 Å². The zero-order chi connectivity index (χ0) is 10.4. The smallest absolute Gasteiger partial charge is 0.0601 e. The largest absolute Gasteiger partial charge is 0.393 e. The second-order valence-electron chi connectivity index (χ2n) is 4.26. The first-order valence-electron chi connectivity index (χ1n) is 5.59. The van der Waals surface area contributed by atoms with Crippen LogP contribution in [0.1, 0.15) is 39.0 Å². The Morgan fingerprint density at radius 1 is 1.50 bits per heavy atom. The highest BCUT2D eigenvalue weighted by molar-refractivity contribution is 4.91. The van der Waals surface area contributed by atoms with Crippen LogP contribution in [0, 0.1) is 12.3 Å². The predicted molar refractivity (Wildman–Crippen MR) is 59.0 cm³/mol. The lowest BCUT2D eigenvalue weighted by atomic mass is 10.0. The Morgan fingerprint density at radius 3 is 2.93 bits per heavy atom. The summed E-state index contributed by atoms with van der Waals surface area (Å²) < 4.78 is 0. The summed E-state index contributed by atoms with van der Waals surface area (Å²) in [6.07, 6.45) is 11.0. The first-order valence-corrected chi connectivity index (χ1v) is 5.59. The third-order valence-corrected chi connectivity index (χ3v) is 2.91. The average Bonchev–Trinajstić information content (AvgIpc) is 2.32. The molecule has 2 nitrogen and oxygen atoms in total. The Hall–Kier alpha value is -0.520. The van der Waals surface area contributed by atoms with E-state index in [9.17, 15) is 5.11 Å². The molecule has 1 aliphatic rings. The molecule has 2 heteroatoms. The molecular formula is C12H21NO. The number of rotatable bonds is 3. The molecule has 1 heterocycles. The summed E-state index contributed by atoms with van der Waals surface area (Å²) in [5, 5.41) is 9.40. The van der Waals surface area contributed by atoms with E-state index in [1.165, 1.54) is 25.7 Å². The molecule has 0 amide bonds. The first kappa shape index (κ1) is 11.6. The molecule has 2 atom stereocenters. The Kier molecular flexibility index (Phi) is 5.00. The monoisotopic (exact) mass is 195 g/mol. The third-order valence-electron chi connectivity index (χ3n) is 2.91. The van der Waals surface area contributed by atoms with Crippen LogP contribution in [0.3, 0.4) is 0 Å². The quantitative estimate of drug-likeness (QED) is 0.692. The van der Waals surface area contributed by atoms with E-state index in [0.717, 1.165) is 19.5 Å². The summed E-state index contributed by atoms with van der Waals surface area (Å²) >= 11 is 0. The molecule has 0 spiro atoms. The number of aliphatic hydroxyl groups is 1. The normalized spacial score (nSPS) is 26.5. The predicted octanol–water partition coefficient (Wildman–Crippen LogP) is 1.64. The minimum Gasteiger partial charge on any atom is -0.393 e. The molecule has 0 bridgehead atoms. The molecule has 80 valence electrons. The van der Waals surface area contributed by atoms with Gasteiger partial charge < -0.3 is 5.11 Å². The Bertz CT molecular complexity index is 195. The number of terminal acetylenes is 1. The van der Waals surface area contributed by atoms with Gasteiger partial charge in [0.15, 0.2) is 0 Å². The molecule has 0 aromatic rings. The topological polar surface area (TPSA) is 23.5 Å². The molecule has 1 aliphatic heterocycles. The minimum absolute atomic E-state index is 0.210. The van der Waals surface area contributed by atoms with Crippen LogP contribution in [0.4, 0.5) is 0 Å². The molecule has 0 radical (unpaired) electrons. The fraction of sp³-hybridized carbons (Fsp3) is 0.833. The van der Waals surface area contributed by atoms with Gasteiger partial charge in [0, 0.05) is 6.04 Å². The fourth-order valence-corrected chi connectivity index (χ4v) is 2.22. The zero-order valence-corrected chi connectivity index (χ0v) is 9.08. The number of hydrogen-bond acceptors (Lipinski definition) is 2. The van der Waals surface area contributed by atoms with Gasteiger partial charge >= 0.3 is 0 Å². The summed E-state index contributed by atoms with van der Waals surface area (Å²) in [6, 6.07) is 0.494. The van der Waals surface area contributed by atoms with Crippen molar-refractivity contribution in [3.8, 4) is 12.3 Å². The van der Waals surface area contributed by atoms with Crippen molar-refractivity contribution < 1.29 is 5.11 Å². The van der Waals surface area contributed by atoms with Gasteiger partial charge in [-0.1, -0.05) is 18.8 Å². The standard InChI is InChI=1S/C12H21NO/c1-3-8-13-9-6-4-5-7-12(13)10-11(2)14/h1,11-12,14H,4-10H2,2H3. The van der Waals surface area contributed by atoms with Crippen molar-refractivity contribution in [2.75, 3.05) is 13.1 Å². The van der Waals surface area contributed by atoms with E-state index < -0.39 is 0 Å². The highest BCUT2D eigenvalue weighted by atomic mass is 16.3. The van der Waals surface area contributed by atoms with E-state index in [-0.39, 0.29) is 6.10 Å². The molecule has 14 heavy (non-hydrogen) atoms. The molecule has 1 fully saturated rings. The van der Waals surface area contributed by atoms with E-state index in [1.54, 1.807) is 0 Å². The van der Waals surface area contributed by atoms with Gasteiger partial charge in [-0.15, -0.1) is 6.42 Å². The second-order valence-corrected chi connectivity index (χ2v) is 4.26. The highest BCUT2D eigenvalue weighted by Gasteiger charge is 2.21. The molecule has 0 aromatic heterocycles. The summed E-state index contributed by atoms with van der Waals surface area (Å²) in [6.45, 7) is 3.69. The van der Waals surface area contributed by atoms with E-state index in [4.69, 9.17) is 6.42 Å². The van der Waals surface area contributed by atoms with Crippen LogP contribution in [0.2, 0.25) is 0 Å². The van der Waals surface area contributed by atoms with Crippen molar-refractivity contribution in [3.05, 3.63) is 0 Å². The second kappa shape index (κ2) is 6.06. The lowest BCUT2D eigenvalue weighted by Crippen LogP contribution is -2.37. The zero-order valence-electron chi connectivity index (χ0n) is 9.08. The van der Waals surface area contributed by atoms with Crippen LogP contribution in [-0.4, -0.2) is 35.2 Å². The van der Waals surface area contributed by atoms with E-state index in [0.29, 0.717) is 6.04 Å². The fourth-order valence-electron chi connectivity index (χ4n) is 2.22. The highest BCUT2D eigenvalue weighted by Crippen LogP contribution is 2.19. The molecular weight excluding hydrogens is 174 g/mol. The minimum atomic E-state index is -0.210. The van der Waals surface area contributed by atoms with Crippen molar-refractivity contribution in [1.29, 1.82) is 0 Å². The van der Waals surface area contributed by atoms with Crippen molar-refractivity contribution in [2.45, 2.75) is 51.2 Å². The summed E-state index contributed by atoms with van der Waals surface area (Å²) in [4.78, 5) is 2.35.